The number of ketones is 1. The van der Waals surface area contributed by atoms with Crippen LogP contribution in [0.3, 0.4) is 0 Å². The molecule has 1 aliphatic heterocycles. The molecule has 0 N–H and O–H groups in total. The summed E-state index contributed by atoms with van der Waals surface area (Å²) in [5.74, 6) is -1.86. The summed E-state index contributed by atoms with van der Waals surface area (Å²) in [4.78, 5) is 11.6. The van der Waals surface area contributed by atoms with Gasteiger partial charge in [-0.15, -0.1) is 0 Å². The van der Waals surface area contributed by atoms with E-state index < -0.39 is 28.7 Å². The number of benzene rings is 1. The van der Waals surface area contributed by atoms with Crippen LogP contribution < -0.4 is 0 Å². The minimum atomic E-state index is -4.41. The quantitative estimate of drug-likeness (QED) is 0.784. The molecular formula is C15H18F3NO3S. The Balaban J connectivity index is 2.29. The van der Waals surface area contributed by atoms with Crippen LogP contribution >= 0.6 is 0 Å². The van der Waals surface area contributed by atoms with Gasteiger partial charge in [-0.1, -0.05) is 19.1 Å². The van der Waals surface area contributed by atoms with E-state index in [1.807, 2.05) is 0 Å². The molecule has 0 radical (unpaired) electrons. The van der Waals surface area contributed by atoms with Crippen molar-refractivity contribution < 1.29 is 26.4 Å². The molecule has 0 bridgehead atoms. The van der Waals surface area contributed by atoms with E-state index in [1.54, 1.807) is 6.92 Å². The molecule has 1 heterocycles. The normalized spacial score (nSPS) is 20.4. The van der Waals surface area contributed by atoms with Crippen molar-refractivity contribution in [3.63, 3.8) is 0 Å². The van der Waals surface area contributed by atoms with Crippen molar-refractivity contribution in [1.82, 2.24) is 4.31 Å². The first-order valence-corrected chi connectivity index (χ1v) is 8.80. The van der Waals surface area contributed by atoms with Gasteiger partial charge in [-0.2, -0.15) is 17.5 Å². The highest BCUT2D eigenvalue weighted by atomic mass is 32.2. The zero-order chi connectivity index (χ0) is 17.3. The van der Waals surface area contributed by atoms with Gasteiger partial charge in [-0.05, 0) is 25.0 Å². The number of piperidine rings is 1. The standard InChI is InChI=1S/C15H18F3NO3S/c1-2-14(20)11-5-3-7-13(9-11)23(21,22)19-8-4-6-12(10-19)15(16,17)18/h3,5,7,9,12H,2,4,6,8,10H2,1H3. The zero-order valence-corrected chi connectivity index (χ0v) is 13.5. The Labute approximate surface area is 133 Å². The van der Waals surface area contributed by atoms with E-state index >= 15 is 0 Å². The first-order chi connectivity index (χ1) is 10.7. The molecule has 0 aromatic heterocycles. The lowest BCUT2D eigenvalue weighted by Crippen LogP contribution is -2.44. The number of hydrogen-bond acceptors (Lipinski definition) is 3. The second-order valence-corrected chi connectivity index (χ2v) is 7.49. The van der Waals surface area contributed by atoms with Crippen molar-refractivity contribution in [2.24, 2.45) is 5.92 Å². The maximum atomic E-state index is 12.9. The van der Waals surface area contributed by atoms with Crippen LogP contribution in [0.2, 0.25) is 0 Å². The number of nitrogens with zero attached hydrogens (tertiary/aromatic N) is 1. The molecule has 0 saturated carbocycles. The summed E-state index contributed by atoms with van der Waals surface area (Å²) in [6.45, 7) is 1.14. The Morgan fingerprint density at radius 3 is 2.65 bits per heavy atom. The van der Waals surface area contributed by atoms with Crippen molar-refractivity contribution in [3.8, 4) is 0 Å². The van der Waals surface area contributed by atoms with E-state index in [0.717, 1.165) is 4.31 Å². The van der Waals surface area contributed by atoms with Crippen LogP contribution in [0.1, 0.15) is 36.5 Å². The second kappa shape index (κ2) is 6.60. The molecular weight excluding hydrogens is 331 g/mol. The number of hydrogen-bond donors (Lipinski definition) is 0. The number of Topliss-reactive ketones (excluding diaryl/α,β-unsaturated/α-hetero) is 1. The summed E-state index contributed by atoms with van der Waals surface area (Å²) in [5, 5.41) is 0. The maximum Gasteiger partial charge on any atom is 0.393 e. The van der Waals surface area contributed by atoms with Gasteiger partial charge in [0.15, 0.2) is 5.78 Å². The fourth-order valence-electron chi connectivity index (χ4n) is 2.61. The zero-order valence-electron chi connectivity index (χ0n) is 12.6. The smallest absolute Gasteiger partial charge is 0.294 e. The molecule has 0 aliphatic carbocycles. The minimum absolute atomic E-state index is 0.0564. The topological polar surface area (TPSA) is 54.5 Å². The van der Waals surface area contributed by atoms with Crippen LogP contribution in [0.4, 0.5) is 13.2 Å². The summed E-state index contributed by atoms with van der Waals surface area (Å²) in [5.41, 5.74) is 0.248. The number of carbonyl (C=O) groups excluding carboxylic acids is 1. The molecule has 1 aromatic carbocycles. The minimum Gasteiger partial charge on any atom is -0.294 e. The largest absolute Gasteiger partial charge is 0.393 e. The highest BCUT2D eigenvalue weighted by Gasteiger charge is 2.44. The van der Waals surface area contributed by atoms with Crippen molar-refractivity contribution in [3.05, 3.63) is 29.8 Å². The third-order valence-corrected chi connectivity index (χ3v) is 5.82. The Morgan fingerprint density at radius 2 is 2.04 bits per heavy atom. The van der Waals surface area contributed by atoms with Crippen molar-refractivity contribution in [1.29, 1.82) is 0 Å². The molecule has 23 heavy (non-hydrogen) atoms. The fourth-order valence-corrected chi connectivity index (χ4v) is 4.18. The predicted molar refractivity (Wildman–Crippen MR) is 78.6 cm³/mol. The Kier molecular flexibility index (Phi) is 5.15. The van der Waals surface area contributed by atoms with Gasteiger partial charge in [0.1, 0.15) is 0 Å². The number of sulfonamides is 1. The molecule has 128 valence electrons. The number of halogens is 3. The lowest BCUT2D eigenvalue weighted by atomic mass is 9.99. The third kappa shape index (κ3) is 3.92. The lowest BCUT2D eigenvalue weighted by molar-refractivity contribution is -0.182. The van der Waals surface area contributed by atoms with Crippen LogP contribution in [-0.4, -0.2) is 37.8 Å². The van der Waals surface area contributed by atoms with Gasteiger partial charge in [0.25, 0.3) is 0 Å². The summed E-state index contributed by atoms with van der Waals surface area (Å²) in [6, 6.07) is 5.47. The molecule has 1 fully saturated rings. The molecule has 2 rings (SSSR count). The van der Waals surface area contributed by atoms with E-state index in [-0.39, 0.29) is 42.0 Å². The van der Waals surface area contributed by atoms with Crippen molar-refractivity contribution in [2.75, 3.05) is 13.1 Å². The third-order valence-electron chi connectivity index (χ3n) is 3.96. The highest BCUT2D eigenvalue weighted by Crippen LogP contribution is 2.35. The average Bonchev–Trinajstić information content (AvgIpc) is 2.53. The van der Waals surface area contributed by atoms with Gasteiger partial charge in [0, 0.05) is 25.1 Å². The van der Waals surface area contributed by atoms with Crippen LogP contribution in [0.15, 0.2) is 29.2 Å². The van der Waals surface area contributed by atoms with Gasteiger partial charge in [-0.25, -0.2) is 8.42 Å². The van der Waals surface area contributed by atoms with E-state index in [0.29, 0.717) is 0 Å². The Hall–Kier alpha value is -1.41. The summed E-state index contributed by atoms with van der Waals surface area (Å²) < 4.78 is 64.6. The van der Waals surface area contributed by atoms with Gasteiger partial charge >= 0.3 is 6.18 Å². The van der Waals surface area contributed by atoms with Gasteiger partial charge < -0.3 is 0 Å². The van der Waals surface area contributed by atoms with E-state index in [2.05, 4.69) is 0 Å². The molecule has 1 saturated heterocycles. The van der Waals surface area contributed by atoms with Gasteiger partial charge in [0.2, 0.25) is 10.0 Å². The van der Waals surface area contributed by atoms with Crippen LogP contribution in [0.25, 0.3) is 0 Å². The Bertz CT molecular complexity index is 685. The molecule has 0 spiro atoms. The van der Waals surface area contributed by atoms with Gasteiger partial charge in [-0.3, -0.25) is 4.79 Å². The molecule has 1 unspecified atom stereocenters. The SMILES string of the molecule is CCC(=O)c1cccc(S(=O)(=O)N2CCCC(C(F)(F)F)C2)c1. The summed E-state index contributed by atoms with van der Waals surface area (Å²) in [7, 11) is -4.04. The van der Waals surface area contributed by atoms with Crippen molar-refractivity contribution >= 4 is 15.8 Å². The first kappa shape index (κ1) is 17.9. The maximum absolute atomic E-state index is 12.9. The molecule has 8 heteroatoms. The van der Waals surface area contributed by atoms with Crippen LogP contribution in [0, 0.1) is 5.92 Å². The van der Waals surface area contributed by atoms with E-state index in [4.69, 9.17) is 0 Å². The molecule has 1 atom stereocenters. The summed E-state index contributed by atoms with van der Waals surface area (Å²) >= 11 is 0. The van der Waals surface area contributed by atoms with E-state index in [1.165, 1.54) is 24.3 Å². The molecule has 0 amide bonds. The molecule has 1 aliphatic rings. The highest BCUT2D eigenvalue weighted by molar-refractivity contribution is 7.89. The number of alkyl halides is 3. The Morgan fingerprint density at radius 1 is 1.35 bits per heavy atom. The predicted octanol–water partition coefficient (Wildman–Crippen LogP) is 3.24. The van der Waals surface area contributed by atoms with E-state index in [9.17, 15) is 26.4 Å². The average molecular weight is 349 g/mol. The molecule has 1 aromatic rings. The van der Waals surface area contributed by atoms with Gasteiger partial charge in [0.05, 0.1) is 10.8 Å². The van der Waals surface area contributed by atoms with Crippen LogP contribution in [0.5, 0.6) is 0 Å². The molecule has 4 nitrogen and oxygen atoms in total. The lowest BCUT2D eigenvalue weighted by Gasteiger charge is -2.32. The fraction of sp³-hybridized carbons (Fsp3) is 0.533. The second-order valence-electron chi connectivity index (χ2n) is 5.55. The number of rotatable bonds is 4. The monoisotopic (exact) mass is 349 g/mol. The summed E-state index contributed by atoms with van der Waals surface area (Å²) in [6.07, 6.45) is -4.08. The van der Waals surface area contributed by atoms with Crippen LogP contribution in [-0.2, 0) is 10.0 Å². The van der Waals surface area contributed by atoms with Crippen molar-refractivity contribution in [2.45, 2.75) is 37.3 Å². The number of carbonyl (C=O) groups is 1. The first-order valence-electron chi connectivity index (χ1n) is 7.36.